The maximum atomic E-state index is 12.4. The van der Waals surface area contributed by atoms with Gasteiger partial charge < -0.3 is 24.6 Å². The minimum Gasteiger partial charge on any atom is -0.496 e. The van der Waals surface area contributed by atoms with Crippen LogP contribution in [0.3, 0.4) is 0 Å². The van der Waals surface area contributed by atoms with E-state index in [2.05, 4.69) is 5.32 Å². The van der Waals surface area contributed by atoms with Crippen LogP contribution in [0.4, 0.5) is 0 Å². The first-order valence-corrected chi connectivity index (χ1v) is 7.81. The molecule has 2 aromatic carbocycles. The SMILES string of the molecule is COc1cc(OC)c(OC)cc1CNC(=O)c1cc(C)cc(C(=O)O)c1. The molecule has 7 nitrogen and oxygen atoms in total. The number of carboxylic acids is 1. The molecule has 1 amide bonds. The fourth-order valence-corrected chi connectivity index (χ4v) is 2.55. The lowest BCUT2D eigenvalue weighted by Gasteiger charge is -2.15. The summed E-state index contributed by atoms with van der Waals surface area (Å²) in [4.78, 5) is 23.6. The normalized spacial score (nSPS) is 10.2. The molecule has 2 N–H and O–H groups in total. The fraction of sp³-hybridized carbons (Fsp3) is 0.263. The number of benzene rings is 2. The monoisotopic (exact) mass is 359 g/mol. The van der Waals surface area contributed by atoms with Crippen LogP contribution >= 0.6 is 0 Å². The van der Waals surface area contributed by atoms with Crippen LogP contribution < -0.4 is 19.5 Å². The first kappa shape index (κ1) is 19.1. The van der Waals surface area contributed by atoms with Crippen molar-refractivity contribution >= 4 is 11.9 Å². The number of amides is 1. The number of carbonyl (C=O) groups is 2. The number of methoxy groups -OCH3 is 3. The van der Waals surface area contributed by atoms with E-state index >= 15 is 0 Å². The lowest BCUT2D eigenvalue weighted by molar-refractivity contribution is 0.0696. The third kappa shape index (κ3) is 4.24. The van der Waals surface area contributed by atoms with Crippen molar-refractivity contribution in [2.24, 2.45) is 0 Å². The number of aromatic carboxylic acids is 1. The molecule has 0 aromatic heterocycles. The number of rotatable bonds is 7. The standard InChI is InChI=1S/C19H21NO6/c1-11-5-12(7-13(6-11)19(22)23)18(21)20-10-14-8-16(25-3)17(26-4)9-15(14)24-2/h5-9H,10H2,1-4H3,(H,20,21)(H,22,23). The van der Waals surface area contributed by atoms with Crippen LogP contribution in [-0.2, 0) is 6.54 Å². The summed E-state index contributed by atoms with van der Waals surface area (Å²) in [6, 6.07) is 7.88. The molecule has 7 heteroatoms. The molecule has 0 aliphatic carbocycles. The Balaban J connectivity index is 2.23. The topological polar surface area (TPSA) is 94.1 Å². The van der Waals surface area contributed by atoms with Crippen molar-refractivity contribution in [3.8, 4) is 17.2 Å². The predicted octanol–water partition coefficient (Wildman–Crippen LogP) is 2.65. The van der Waals surface area contributed by atoms with Gasteiger partial charge in [-0.25, -0.2) is 4.79 Å². The first-order valence-electron chi connectivity index (χ1n) is 7.81. The van der Waals surface area contributed by atoms with E-state index < -0.39 is 5.97 Å². The number of aryl methyl sites for hydroxylation is 1. The molecule has 0 radical (unpaired) electrons. The van der Waals surface area contributed by atoms with Crippen molar-refractivity contribution < 1.29 is 28.9 Å². The van der Waals surface area contributed by atoms with Crippen molar-refractivity contribution in [3.63, 3.8) is 0 Å². The number of carbonyl (C=O) groups excluding carboxylic acids is 1. The van der Waals surface area contributed by atoms with Gasteiger partial charge in [0.05, 0.1) is 26.9 Å². The molecule has 0 fully saturated rings. The Labute approximate surface area is 151 Å². The van der Waals surface area contributed by atoms with Gasteiger partial charge in [0.25, 0.3) is 5.91 Å². The lowest BCUT2D eigenvalue weighted by atomic mass is 10.1. The Morgan fingerprint density at radius 1 is 0.885 bits per heavy atom. The summed E-state index contributed by atoms with van der Waals surface area (Å²) in [7, 11) is 4.57. The summed E-state index contributed by atoms with van der Waals surface area (Å²) in [5.74, 6) is 0.112. The second-order valence-electron chi connectivity index (χ2n) is 5.59. The quantitative estimate of drug-likeness (QED) is 0.789. The Morgan fingerprint density at radius 2 is 1.46 bits per heavy atom. The number of nitrogens with one attached hydrogen (secondary N) is 1. The number of hydrogen-bond acceptors (Lipinski definition) is 5. The maximum absolute atomic E-state index is 12.4. The van der Waals surface area contributed by atoms with Gasteiger partial charge in [-0.3, -0.25) is 4.79 Å². The van der Waals surface area contributed by atoms with Crippen LogP contribution in [-0.4, -0.2) is 38.3 Å². The molecule has 0 atom stereocenters. The highest BCUT2D eigenvalue weighted by Gasteiger charge is 2.15. The van der Waals surface area contributed by atoms with E-state index in [-0.39, 0.29) is 23.6 Å². The van der Waals surface area contributed by atoms with Gasteiger partial charge in [-0.2, -0.15) is 0 Å². The van der Waals surface area contributed by atoms with Crippen LogP contribution in [0, 0.1) is 6.92 Å². The van der Waals surface area contributed by atoms with Gasteiger partial charge >= 0.3 is 5.97 Å². The van der Waals surface area contributed by atoms with Gasteiger partial charge in [0.1, 0.15) is 5.75 Å². The van der Waals surface area contributed by atoms with Gasteiger partial charge in [-0.1, -0.05) is 0 Å². The molecule has 0 saturated carbocycles. The molecule has 0 aliphatic heterocycles. The molecular weight excluding hydrogens is 338 g/mol. The van der Waals surface area contributed by atoms with Crippen LogP contribution in [0.2, 0.25) is 0 Å². The second kappa shape index (κ2) is 8.24. The van der Waals surface area contributed by atoms with Gasteiger partial charge in [0, 0.05) is 23.7 Å². The maximum Gasteiger partial charge on any atom is 0.335 e. The first-order chi connectivity index (χ1) is 12.4. The Hall–Kier alpha value is -3.22. The average molecular weight is 359 g/mol. The highest BCUT2D eigenvalue weighted by Crippen LogP contribution is 2.34. The van der Waals surface area contributed by atoms with E-state index in [1.165, 1.54) is 33.5 Å². The van der Waals surface area contributed by atoms with Crippen LogP contribution in [0.1, 0.15) is 31.8 Å². The summed E-state index contributed by atoms with van der Waals surface area (Å²) in [5.41, 5.74) is 1.74. The van der Waals surface area contributed by atoms with E-state index in [1.54, 1.807) is 25.1 Å². The third-order valence-electron chi connectivity index (χ3n) is 3.81. The van der Waals surface area contributed by atoms with Crippen molar-refractivity contribution in [3.05, 3.63) is 52.6 Å². The highest BCUT2D eigenvalue weighted by molar-refractivity contribution is 5.97. The molecular formula is C19H21NO6. The summed E-state index contributed by atoms with van der Waals surface area (Å²) >= 11 is 0. The summed E-state index contributed by atoms with van der Waals surface area (Å²) < 4.78 is 15.8. The molecule has 0 spiro atoms. The smallest absolute Gasteiger partial charge is 0.335 e. The van der Waals surface area contributed by atoms with Crippen LogP contribution in [0.15, 0.2) is 30.3 Å². The van der Waals surface area contributed by atoms with Crippen LogP contribution in [0.25, 0.3) is 0 Å². The molecule has 2 aromatic rings. The molecule has 0 heterocycles. The summed E-state index contributed by atoms with van der Waals surface area (Å²) in [5, 5.41) is 11.9. The van der Waals surface area contributed by atoms with Crippen molar-refractivity contribution in [2.75, 3.05) is 21.3 Å². The van der Waals surface area contributed by atoms with E-state index in [4.69, 9.17) is 19.3 Å². The second-order valence-corrected chi connectivity index (χ2v) is 5.59. The molecule has 0 bridgehead atoms. The van der Waals surface area contributed by atoms with Gasteiger partial charge in [0.15, 0.2) is 11.5 Å². The minimum atomic E-state index is -1.08. The van der Waals surface area contributed by atoms with Gasteiger partial charge in [-0.15, -0.1) is 0 Å². The molecule has 2 rings (SSSR count). The molecule has 138 valence electrons. The van der Waals surface area contributed by atoms with Crippen molar-refractivity contribution in [1.82, 2.24) is 5.32 Å². The molecule has 26 heavy (non-hydrogen) atoms. The summed E-state index contributed by atoms with van der Waals surface area (Å²) in [6.07, 6.45) is 0. The number of hydrogen-bond donors (Lipinski definition) is 2. The van der Waals surface area contributed by atoms with Crippen LogP contribution in [0.5, 0.6) is 17.2 Å². The Bertz CT molecular complexity index is 831. The number of ether oxygens (including phenoxy) is 3. The average Bonchev–Trinajstić information content (AvgIpc) is 2.64. The van der Waals surface area contributed by atoms with Gasteiger partial charge in [-0.05, 0) is 36.8 Å². The largest absolute Gasteiger partial charge is 0.496 e. The highest BCUT2D eigenvalue weighted by atomic mass is 16.5. The fourth-order valence-electron chi connectivity index (χ4n) is 2.55. The van der Waals surface area contributed by atoms with E-state index in [0.717, 1.165) is 0 Å². The van der Waals surface area contributed by atoms with E-state index in [9.17, 15) is 9.59 Å². The molecule has 0 aliphatic rings. The molecule has 0 unspecified atom stereocenters. The summed E-state index contributed by atoms with van der Waals surface area (Å²) in [6.45, 7) is 1.92. The number of carboxylic acid groups (broad SMARTS) is 1. The van der Waals surface area contributed by atoms with Gasteiger partial charge in [0.2, 0.25) is 0 Å². The van der Waals surface area contributed by atoms with Crippen molar-refractivity contribution in [2.45, 2.75) is 13.5 Å². The van der Waals surface area contributed by atoms with E-state index in [0.29, 0.717) is 28.4 Å². The van der Waals surface area contributed by atoms with E-state index in [1.807, 2.05) is 0 Å². The minimum absolute atomic E-state index is 0.0684. The third-order valence-corrected chi connectivity index (χ3v) is 3.81. The zero-order chi connectivity index (χ0) is 19.3. The lowest BCUT2D eigenvalue weighted by Crippen LogP contribution is -2.23. The van der Waals surface area contributed by atoms with Crippen molar-refractivity contribution in [1.29, 1.82) is 0 Å². The Morgan fingerprint density at radius 3 is 2.04 bits per heavy atom. The molecule has 0 saturated heterocycles. The predicted molar refractivity (Wildman–Crippen MR) is 95.4 cm³/mol. The Kier molecular flexibility index (Phi) is 6.06. The zero-order valence-electron chi connectivity index (χ0n) is 15.1. The zero-order valence-corrected chi connectivity index (χ0v) is 15.1.